The Morgan fingerprint density at radius 3 is 2.70 bits per heavy atom. The minimum atomic E-state index is -1.29. The number of nitrogens with one attached hydrogen (secondary N) is 2. The molecule has 3 saturated heterocycles. The summed E-state index contributed by atoms with van der Waals surface area (Å²) < 4.78 is 0.0395. The number of carbonyl (C=O) groups is 4. The summed E-state index contributed by atoms with van der Waals surface area (Å²) in [6.45, 7) is 2.17. The van der Waals surface area contributed by atoms with Crippen LogP contribution in [-0.2, 0) is 19.2 Å². The van der Waals surface area contributed by atoms with E-state index in [1.165, 1.54) is 0 Å². The number of likely N-dealkylation sites (tertiary alicyclic amines) is 1. The number of thiazole rings is 1. The maximum atomic E-state index is 13.0. The van der Waals surface area contributed by atoms with Gasteiger partial charge in [0.25, 0.3) is 11.8 Å². The maximum Gasteiger partial charge on any atom is 0.352 e. The van der Waals surface area contributed by atoms with E-state index in [0.29, 0.717) is 37.0 Å². The molecule has 0 saturated carbocycles. The summed E-state index contributed by atoms with van der Waals surface area (Å²) in [5, 5.41) is 28.0. The van der Waals surface area contributed by atoms with Gasteiger partial charge in [0.15, 0.2) is 10.8 Å². The Morgan fingerprint density at radius 2 is 2.08 bits per heavy atom. The molecule has 3 amide bonds. The van der Waals surface area contributed by atoms with E-state index >= 15 is 0 Å². The normalized spacial score (nSPS) is 27.1. The average Bonchev–Trinajstić information content (AvgIpc) is 3.59. The van der Waals surface area contributed by atoms with Gasteiger partial charge in [-0.05, 0) is 43.9 Å². The van der Waals surface area contributed by atoms with E-state index in [1.807, 2.05) is 4.90 Å². The number of halogens is 1. The van der Waals surface area contributed by atoms with E-state index < -0.39 is 35.6 Å². The summed E-state index contributed by atoms with van der Waals surface area (Å²) in [7, 11) is 0. The monoisotopic (exact) mass is 549 g/mol. The van der Waals surface area contributed by atoms with Crippen molar-refractivity contribution in [2.24, 2.45) is 5.16 Å². The lowest BCUT2D eigenvalue weighted by atomic mass is 9.82. The van der Waals surface area contributed by atoms with Gasteiger partial charge in [-0.15, -0.1) is 0 Å². The number of nitrogens with zero attached hydrogens (tertiary/aromatic N) is 4. The van der Waals surface area contributed by atoms with Crippen molar-refractivity contribution in [2.75, 3.05) is 25.4 Å². The van der Waals surface area contributed by atoms with Gasteiger partial charge in [0.2, 0.25) is 5.91 Å². The molecular weight excluding hydrogens is 526 g/mol. The SMILES string of the molecule is Nc1nc(/C(=N\O)C(=O)N[C@@H]2C(=O)N3C(C(=O)O)=C(/C=C4\CCN([C@@H]5CCNC5)C4=O)CC[C@H]23)c(Cl)s1. The molecule has 13 nitrogen and oxygen atoms in total. The van der Waals surface area contributed by atoms with Crippen molar-refractivity contribution < 1.29 is 29.5 Å². The lowest BCUT2D eigenvalue weighted by molar-refractivity contribution is -0.155. The van der Waals surface area contributed by atoms with Crippen LogP contribution in [0.3, 0.4) is 0 Å². The van der Waals surface area contributed by atoms with Gasteiger partial charge in [-0.25, -0.2) is 9.78 Å². The fourth-order valence-electron chi connectivity index (χ4n) is 5.34. The Labute approximate surface area is 219 Å². The number of carbonyl (C=O) groups excluding carboxylic acids is 3. The molecule has 3 atom stereocenters. The van der Waals surface area contributed by atoms with Crippen LogP contribution in [0.15, 0.2) is 28.1 Å². The standard InChI is InChI=1S/C22H24ClN7O6S/c23-17-14(27-22(24)37-17)15(28-36)18(31)26-13-12-2-1-9(16(21(34)35)30(12)20(13)33)7-10-4-6-29(19(10)32)11-3-5-25-8-11/h7,11-13,25,36H,1-6,8H2,(H2,24,27)(H,26,31)(H,34,35)/b10-7+,28-15+/t11-,12-,13+/m1/s1. The van der Waals surface area contributed by atoms with E-state index in [1.54, 1.807) is 6.08 Å². The second kappa shape index (κ2) is 9.76. The Kier molecular flexibility index (Phi) is 6.64. The zero-order valence-electron chi connectivity index (χ0n) is 19.4. The fourth-order valence-corrected chi connectivity index (χ4v) is 6.27. The summed E-state index contributed by atoms with van der Waals surface area (Å²) in [6, 6.07) is -1.51. The molecule has 0 aliphatic carbocycles. The largest absolute Gasteiger partial charge is 0.477 e. The lowest BCUT2D eigenvalue weighted by Gasteiger charge is -2.50. The molecule has 196 valence electrons. The van der Waals surface area contributed by atoms with Crippen molar-refractivity contribution in [3.63, 3.8) is 0 Å². The summed E-state index contributed by atoms with van der Waals surface area (Å²) >= 11 is 6.89. The highest BCUT2D eigenvalue weighted by Gasteiger charge is 2.53. The average molecular weight is 550 g/mol. The van der Waals surface area contributed by atoms with Gasteiger partial charge in [0.05, 0.1) is 6.04 Å². The Bertz CT molecular complexity index is 1280. The predicted octanol–water partition coefficient (Wildman–Crippen LogP) is -0.0943. The Morgan fingerprint density at radius 1 is 1.30 bits per heavy atom. The molecule has 0 bridgehead atoms. The van der Waals surface area contributed by atoms with Crippen LogP contribution in [0.1, 0.15) is 31.4 Å². The predicted molar refractivity (Wildman–Crippen MR) is 132 cm³/mol. The Balaban J connectivity index is 1.34. The van der Waals surface area contributed by atoms with Crippen molar-refractivity contribution in [2.45, 2.75) is 43.8 Å². The zero-order chi connectivity index (χ0) is 26.4. The van der Waals surface area contributed by atoms with Gasteiger partial charge in [0, 0.05) is 24.7 Å². The van der Waals surface area contributed by atoms with Crippen molar-refractivity contribution >= 4 is 57.5 Å². The van der Waals surface area contributed by atoms with Crippen molar-refractivity contribution in [3.05, 3.63) is 32.9 Å². The molecule has 0 aromatic carbocycles. The Hall–Kier alpha value is -3.49. The van der Waals surface area contributed by atoms with Crippen molar-refractivity contribution in [1.82, 2.24) is 25.4 Å². The minimum absolute atomic E-state index is 0.0395. The van der Waals surface area contributed by atoms with Gasteiger partial charge >= 0.3 is 5.97 Å². The molecule has 0 unspecified atom stereocenters. The molecule has 1 aromatic rings. The molecule has 0 spiro atoms. The molecular formula is C22H24ClN7O6S. The van der Waals surface area contributed by atoms with Crippen LogP contribution in [0.5, 0.6) is 0 Å². The van der Waals surface area contributed by atoms with Crippen molar-refractivity contribution in [1.29, 1.82) is 0 Å². The number of fused-ring (bicyclic) bond motifs is 1. The third-order valence-electron chi connectivity index (χ3n) is 7.09. The number of nitrogen functional groups attached to an aromatic ring is 1. The fraction of sp³-hybridized carbons (Fsp3) is 0.455. The van der Waals surface area contributed by atoms with E-state index in [9.17, 15) is 29.5 Å². The molecule has 37 heavy (non-hydrogen) atoms. The van der Waals surface area contributed by atoms with Crippen LogP contribution >= 0.6 is 22.9 Å². The van der Waals surface area contributed by atoms with Gasteiger partial charge in [-0.2, -0.15) is 0 Å². The first-order valence-corrected chi connectivity index (χ1v) is 12.9. The summed E-state index contributed by atoms with van der Waals surface area (Å²) in [4.78, 5) is 57.7. The molecule has 0 radical (unpaired) electrons. The van der Waals surface area contributed by atoms with Crippen LogP contribution in [0.4, 0.5) is 5.13 Å². The second-order valence-corrected chi connectivity index (χ2v) is 10.8. The third kappa shape index (κ3) is 4.34. The number of aromatic nitrogens is 1. The third-order valence-corrected chi connectivity index (χ3v) is 8.17. The lowest BCUT2D eigenvalue weighted by Crippen LogP contribution is -2.72. The van der Waals surface area contributed by atoms with E-state index in [-0.39, 0.29) is 32.8 Å². The highest BCUT2D eigenvalue weighted by Crippen LogP contribution is 2.38. The number of amides is 3. The first kappa shape index (κ1) is 25.2. The molecule has 5 rings (SSSR count). The number of carboxylic acid groups (broad SMARTS) is 1. The van der Waals surface area contributed by atoms with Crippen LogP contribution < -0.4 is 16.4 Å². The van der Waals surface area contributed by atoms with Gasteiger partial charge in [0.1, 0.15) is 21.8 Å². The molecule has 6 N–H and O–H groups in total. The van der Waals surface area contributed by atoms with Gasteiger partial charge in [-0.3, -0.25) is 19.3 Å². The van der Waals surface area contributed by atoms with E-state index in [0.717, 1.165) is 35.7 Å². The quantitative estimate of drug-likeness (QED) is 0.106. The number of aliphatic carboxylic acids is 1. The number of anilines is 1. The number of nitrogens with two attached hydrogens (primary N) is 1. The van der Waals surface area contributed by atoms with Crippen LogP contribution in [0, 0.1) is 0 Å². The van der Waals surface area contributed by atoms with Crippen molar-refractivity contribution in [3.8, 4) is 0 Å². The van der Waals surface area contributed by atoms with E-state index in [2.05, 4.69) is 20.8 Å². The highest BCUT2D eigenvalue weighted by atomic mass is 35.5. The van der Waals surface area contributed by atoms with Gasteiger partial charge in [-0.1, -0.05) is 28.1 Å². The van der Waals surface area contributed by atoms with Crippen LogP contribution in [-0.4, -0.2) is 92.3 Å². The number of hydrogen-bond donors (Lipinski definition) is 5. The smallest absolute Gasteiger partial charge is 0.352 e. The zero-order valence-corrected chi connectivity index (χ0v) is 21.0. The van der Waals surface area contributed by atoms with Crippen LogP contribution in [0.2, 0.25) is 4.34 Å². The molecule has 1 aromatic heterocycles. The topological polar surface area (TPSA) is 191 Å². The molecule has 4 aliphatic heterocycles. The highest BCUT2D eigenvalue weighted by molar-refractivity contribution is 7.19. The van der Waals surface area contributed by atoms with Gasteiger partial charge < -0.3 is 31.6 Å². The molecule has 15 heteroatoms. The van der Waals surface area contributed by atoms with Crippen LogP contribution in [0.25, 0.3) is 0 Å². The summed E-state index contributed by atoms with van der Waals surface area (Å²) in [5.74, 6) is -2.92. The first-order chi connectivity index (χ1) is 17.7. The molecule has 3 fully saturated rings. The molecule has 5 heterocycles. The number of β-lactam (4-membered cyclic amide) rings is 1. The summed E-state index contributed by atoms with van der Waals surface area (Å²) in [6.07, 6.45) is 3.67. The maximum absolute atomic E-state index is 13.0. The summed E-state index contributed by atoms with van der Waals surface area (Å²) in [5.41, 5.74) is 5.68. The minimum Gasteiger partial charge on any atom is -0.477 e. The number of carboxylic acids is 1. The molecule has 4 aliphatic rings. The first-order valence-electron chi connectivity index (χ1n) is 11.7. The number of allylic oxidation sites excluding steroid dienone is 2. The number of hydrogen-bond acceptors (Lipinski definition) is 10. The second-order valence-electron chi connectivity index (χ2n) is 9.13. The number of rotatable bonds is 6. The van der Waals surface area contributed by atoms with E-state index in [4.69, 9.17) is 17.3 Å². The number of oxime groups is 1.